The van der Waals surface area contributed by atoms with E-state index in [0.717, 1.165) is 0 Å². The largest absolute Gasteiger partial charge is 0.377 e. The van der Waals surface area contributed by atoms with Crippen molar-refractivity contribution in [3.05, 3.63) is 0 Å². The molecule has 0 saturated carbocycles. The van der Waals surface area contributed by atoms with Crippen LogP contribution in [-0.4, -0.2) is 115 Å². The zero-order chi connectivity index (χ0) is 25.0. The first-order chi connectivity index (χ1) is 15.6. The number of nitrogens with one attached hydrogen (secondary N) is 3. The molecule has 0 aromatic carbocycles. The Bertz CT molecular complexity index is 660. The van der Waals surface area contributed by atoms with Gasteiger partial charge in [-0.25, -0.2) is 0 Å². The normalized spacial score (nSPS) is 12.3. The van der Waals surface area contributed by atoms with E-state index in [1.807, 2.05) is 0 Å². The molecule has 194 valence electrons. The maximum atomic E-state index is 11.7. The standard InChI is InChI=1S/C19H37N3O10S/c1-16(23)13-31-11-9-30-8-6-22-19(25)14-32-12-10-29-7-5-21-18(24)4-3-17(20-2)15-33(26,27)28/h17,20H,3-15H2,1-2H3,(H,21,24)(H,22,25)(H,26,27,28). The van der Waals surface area contributed by atoms with Gasteiger partial charge in [0.05, 0.1) is 45.4 Å². The van der Waals surface area contributed by atoms with Crippen molar-refractivity contribution < 1.29 is 46.3 Å². The van der Waals surface area contributed by atoms with Crippen LogP contribution in [0.4, 0.5) is 0 Å². The second-order valence-corrected chi connectivity index (χ2v) is 8.50. The molecule has 2 amide bonds. The van der Waals surface area contributed by atoms with Crippen molar-refractivity contribution in [2.45, 2.75) is 25.8 Å². The van der Waals surface area contributed by atoms with E-state index in [-0.39, 0.29) is 70.0 Å². The SMILES string of the molecule is CNC(CCC(=O)NCCOCCOCC(=O)NCCOCCOCC(C)=O)CS(=O)(=O)O. The molecular formula is C19H37N3O10S. The van der Waals surface area contributed by atoms with Crippen molar-refractivity contribution in [1.82, 2.24) is 16.0 Å². The molecule has 0 fully saturated rings. The third-order valence-electron chi connectivity index (χ3n) is 3.96. The monoisotopic (exact) mass is 499 g/mol. The van der Waals surface area contributed by atoms with Gasteiger partial charge in [-0.2, -0.15) is 8.42 Å². The number of ketones is 1. The van der Waals surface area contributed by atoms with Gasteiger partial charge in [-0.05, 0) is 20.4 Å². The van der Waals surface area contributed by atoms with Crippen LogP contribution in [0.1, 0.15) is 19.8 Å². The van der Waals surface area contributed by atoms with Gasteiger partial charge in [-0.15, -0.1) is 0 Å². The summed E-state index contributed by atoms with van der Waals surface area (Å²) in [4.78, 5) is 34.0. The van der Waals surface area contributed by atoms with Crippen LogP contribution in [0.3, 0.4) is 0 Å². The topological polar surface area (TPSA) is 179 Å². The smallest absolute Gasteiger partial charge is 0.266 e. The van der Waals surface area contributed by atoms with Crippen LogP contribution in [0.25, 0.3) is 0 Å². The molecule has 0 aliphatic heterocycles. The Morgan fingerprint density at radius 3 is 1.85 bits per heavy atom. The molecule has 4 N–H and O–H groups in total. The summed E-state index contributed by atoms with van der Waals surface area (Å²) in [6.07, 6.45) is 0.373. The van der Waals surface area contributed by atoms with Crippen LogP contribution in [-0.2, 0) is 43.4 Å². The molecule has 33 heavy (non-hydrogen) atoms. The number of carbonyl (C=O) groups is 3. The molecule has 0 aromatic rings. The molecule has 0 heterocycles. The van der Waals surface area contributed by atoms with Crippen molar-refractivity contribution in [2.24, 2.45) is 0 Å². The van der Waals surface area contributed by atoms with Crippen molar-refractivity contribution in [1.29, 1.82) is 0 Å². The predicted octanol–water partition coefficient (Wildman–Crippen LogP) is -1.87. The van der Waals surface area contributed by atoms with Crippen molar-refractivity contribution in [3.63, 3.8) is 0 Å². The molecule has 1 atom stereocenters. The van der Waals surface area contributed by atoms with E-state index in [0.29, 0.717) is 26.4 Å². The number of carbonyl (C=O) groups excluding carboxylic acids is 3. The molecule has 0 spiro atoms. The fourth-order valence-corrected chi connectivity index (χ4v) is 3.20. The maximum Gasteiger partial charge on any atom is 0.266 e. The van der Waals surface area contributed by atoms with Gasteiger partial charge < -0.3 is 34.9 Å². The van der Waals surface area contributed by atoms with Crippen LogP contribution in [0.5, 0.6) is 0 Å². The van der Waals surface area contributed by atoms with E-state index in [9.17, 15) is 22.8 Å². The van der Waals surface area contributed by atoms with Crippen LogP contribution < -0.4 is 16.0 Å². The van der Waals surface area contributed by atoms with Gasteiger partial charge in [0, 0.05) is 25.6 Å². The maximum absolute atomic E-state index is 11.7. The highest BCUT2D eigenvalue weighted by Crippen LogP contribution is 2.00. The Balaban J connectivity index is 3.49. The van der Waals surface area contributed by atoms with Crippen molar-refractivity contribution in [3.8, 4) is 0 Å². The van der Waals surface area contributed by atoms with E-state index in [4.69, 9.17) is 23.5 Å². The second kappa shape index (κ2) is 19.8. The van der Waals surface area contributed by atoms with Gasteiger partial charge in [0.15, 0.2) is 5.78 Å². The molecule has 0 aromatic heterocycles. The van der Waals surface area contributed by atoms with Gasteiger partial charge in [-0.1, -0.05) is 0 Å². The summed E-state index contributed by atoms with van der Waals surface area (Å²) < 4.78 is 51.3. The summed E-state index contributed by atoms with van der Waals surface area (Å²) in [7, 11) is -2.55. The first-order valence-corrected chi connectivity index (χ1v) is 12.2. The lowest BCUT2D eigenvalue weighted by Crippen LogP contribution is -2.35. The highest BCUT2D eigenvalue weighted by Gasteiger charge is 2.16. The Hall–Kier alpha value is -1.68. The molecule has 14 heteroatoms. The molecule has 0 bridgehead atoms. The minimum atomic E-state index is -4.10. The zero-order valence-corrected chi connectivity index (χ0v) is 20.1. The molecule has 0 radical (unpaired) electrons. The lowest BCUT2D eigenvalue weighted by Gasteiger charge is -2.14. The third kappa shape index (κ3) is 23.3. The molecule has 0 saturated heterocycles. The van der Waals surface area contributed by atoms with E-state index in [1.165, 1.54) is 6.92 Å². The Morgan fingerprint density at radius 1 is 0.818 bits per heavy atom. The van der Waals surface area contributed by atoms with Gasteiger partial charge >= 0.3 is 0 Å². The average molecular weight is 500 g/mol. The molecule has 1 unspecified atom stereocenters. The van der Waals surface area contributed by atoms with Crippen LogP contribution in [0.15, 0.2) is 0 Å². The van der Waals surface area contributed by atoms with Crippen molar-refractivity contribution >= 4 is 27.7 Å². The number of hydrogen-bond donors (Lipinski definition) is 4. The summed E-state index contributed by atoms with van der Waals surface area (Å²) in [6.45, 7) is 3.69. The van der Waals surface area contributed by atoms with E-state index in [1.54, 1.807) is 7.05 Å². The summed E-state index contributed by atoms with van der Waals surface area (Å²) in [5.74, 6) is -1.04. The number of Topliss-reactive ketones (excluding diaryl/α,β-unsaturated/α-hetero) is 1. The number of hydrogen-bond acceptors (Lipinski definition) is 10. The van der Waals surface area contributed by atoms with Gasteiger partial charge in [0.1, 0.15) is 13.2 Å². The number of ether oxygens (including phenoxy) is 4. The molecule has 0 aliphatic rings. The van der Waals surface area contributed by atoms with E-state index in [2.05, 4.69) is 16.0 Å². The fraction of sp³-hybridized carbons (Fsp3) is 0.842. The summed E-state index contributed by atoms with van der Waals surface area (Å²) in [5.41, 5.74) is 0. The van der Waals surface area contributed by atoms with E-state index < -0.39 is 21.9 Å². The Morgan fingerprint density at radius 2 is 1.33 bits per heavy atom. The van der Waals surface area contributed by atoms with Crippen LogP contribution >= 0.6 is 0 Å². The molecule has 0 rings (SSSR count). The first-order valence-electron chi connectivity index (χ1n) is 10.6. The summed E-state index contributed by atoms with van der Waals surface area (Å²) in [6, 6.07) is -0.512. The molecular weight excluding hydrogens is 462 g/mol. The highest BCUT2D eigenvalue weighted by molar-refractivity contribution is 7.85. The first kappa shape index (κ1) is 31.3. The van der Waals surface area contributed by atoms with E-state index >= 15 is 0 Å². The van der Waals surface area contributed by atoms with Crippen molar-refractivity contribution in [2.75, 3.05) is 78.7 Å². The lowest BCUT2D eigenvalue weighted by molar-refractivity contribution is -0.127. The minimum absolute atomic E-state index is 0.0496. The predicted molar refractivity (Wildman–Crippen MR) is 118 cm³/mol. The van der Waals surface area contributed by atoms with Gasteiger partial charge in [0.2, 0.25) is 11.8 Å². The third-order valence-corrected chi connectivity index (χ3v) is 4.78. The fourth-order valence-electron chi connectivity index (χ4n) is 2.36. The number of rotatable bonds is 22. The van der Waals surface area contributed by atoms with Crippen LogP contribution in [0.2, 0.25) is 0 Å². The minimum Gasteiger partial charge on any atom is -0.377 e. The second-order valence-electron chi connectivity index (χ2n) is 7.00. The Kier molecular flexibility index (Phi) is 18.8. The van der Waals surface area contributed by atoms with Crippen LogP contribution in [0, 0.1) is 0 Å². The lowest BCUT2D eigenvalue weighted by atomic mass is 10.2. The quantitative estimate of drug-likeness (QED) is 0.0968. The molecule has 0 aliphatic carbocycles. The summed E-state index contributed by atoms with van der Waals surface area (Å²) in [5, 5.41) is 8.01. The summed E-state index contributed by atoms with van der Waals surface area (Å²) >= 11 is 0. The zero-order valence-electron chi connectivity index (χ0n) is 19.3. The average Bonchev–Trinajstić information content (AvgIpc) is 2.73. The Labute approximate surface area is 195 Å². The van der Waals surface area contributed by atoms with Gasteiger partial charge in [0.25, 0.3) is 10.1 Å². The highest BCUT2D eigenvalue weighted by atomic mass is 32.2. The van der Waals surface area contributed by atoms with Gasteiger partial charge in [-0.3, -0.25) is 18.9 Å². The number of amides is 2. The molecule has 13 nitrogen and oxygen atoms in total.